The van der Waals surface area contributed by atoms with Crippen molar-refractivity contribution in [1.29, 1.82) is 0 Å². The van der Waals surface area contributed by atoms with Gasteiger partial charge in [-0.2, -0.15) is 5.10 Å². The van der Waals surface area contributed by atoms with E-state index in [0.717, 1.165) is 48.6 Å². The Kier molecular flexibility index (Phi) is 6.22. The summed E-state index contributed by atoms with van der Waals surface area (Å²) >= 11 is 1.56. The Hall–Kier alpha value is -3.04. The molecule has 0 aliphatic carbocycles. The summed E-state index contributed by atoms with van der Waals surface area (Å²) in [7, 11) is 1.87. The van der Waals surface area contributed by atoms with Crippen LogP contribution in [-0.4, -0.2) is 43.3 Å². The summed E-state index contributed by atoms with van der Waals surface area (Å²) in [5, 5.41) is 5.25. The second-order valence-corrected chi connectivity index (χ2v) is 9.78. The maximum Gasteiger partial charge on any atom is 0.297 e. The van der Waals surface area contributed by atoms with Gasteiger partial charge in [0.25, 0.3) is 5.56 Å². The van der Waals surface area contributed by atoms with E-state index in [1.54, 1.807) is 16.4 Å². The van der Waals surface area contributed by atoms with Crippen molar-refractivity contribution >= 4 is 28.3 Å². The number of nitrogens with one attached hydrogen (secondary N) is 1. The molecule has 5 rings (SSSR count). The monoisotopic (exact) mass is 478 g/mol. The van der Waals surface area contributed by atoms with Crippen LogP contribution in [0.4, 0.5) is 5.69 Å². The van der Waals surface area contributed by atoms with Crippen LogP contribution in [0.2, 0.25) is 0 Å². The standard InChI is InChI=1S/C25H30N6O2S/c1-16-13-21(17(2)30(16)14-20-11-8-12-33-20)22-15-34-25(28-27-22)26-23-18(3)29(4)31(24(23)32)19-9-6-5-7-10-19/h5-7,9-10,13,20H,8,11-12,14-15H2,1-4H3,(H,26,28). The summed E-state index contributed by atoms with van der Waals surface area (Å²) in [6.07, 6.45) is 2.56. The lowest BCUT2D eigenvalue weighted by atomic mass is 10.1. The molecule has 4 heterocycles. The number of para-hydroxylation sites is 1. The second kappa shape index (κ2) is 9.31. The van der Waals surface area contributed by atoms with Crippen LogP contribution in [0.15, 0.2) is 51.3 Å². The van der Waals surface area contributed by atoms with E-state index in [2.05, 4.69) is 40.0 Å². The molecular formula is C25H30N6O2S. The van der Waals surface area contributed by atoms with Gasteiger partial charge in [0.2, 0.25) is 0 Å². The number of ether oxygens (including phenoxy) is 1. The number of nitrogens with zero attached hydrogens (tertiary/aromatic N) is 5. The van der Waals surface area contributed by atoms with E-state index in [0.29, 0.717) is 22.7 Å². The molecule has 3 aromatic rings. The van der Waals surface area contributed by atoms with E-state index >= 15 is 0 Å². The number of thioether (sulfide) groups is 1. The average molecular weight is 479 g/mol. The van der Waals surface area contributed by atoms with Crippen LogP contribution in [0.3, 0.4) is 0 Å². The Morgan fingerprint density at radius 1 is 1.21 bits per heavy atom. The smallest absolute Gasteiger partial charge is 0.297 e. The highest BCUT2D eigenvalue weighted by atomic mass is 32.2. The zero-order valence-electron chi connectivity index (χ0n) is 20.0. The first-order valence-electron chi connectivity index (χ1n) is 11.6. The molecule has 2 aliphatic heterocycles. The maximum atomic E-state index is 13.1. The van der Waals surface area contributed by atoms with Gasteiger partial charge in [-0.15, -0.1) is 0 Å². The van der Waals surface area contributed by atoms with Gasteiger partial charge in [-0.3, -0.25) is 14.9 Å². The van der Waals surface area contributed by atoms with E-state index in [9.17, 15) is 4.79 Å². The third kappa shape index (κ3) is 4.14. The lowest BCUT2D eigenvalue weighted by Crippen LogP contribution is -2.26. The molecule has 1 saturated heterocycles. The fourth-order valence-corrected chi connectivity index (χ4v) is 5.42. The van der Waals surface area contributed by atoms with E-state index in [1.165, 1.54) is 11.4 Å². The highest BCUT2D eigenvalue weighted by molar-refractivity contribution is 8.14. The van der Waals surface area contributed by atoms with Gasteiger partial charge in [-0.1, -0.05) is 30.0 Å². The molecule has 0 saturated carbocycles. The van der Waals surface area contributed by atoms with Crippen molar-refractivity contribution in [3.8, 4) is 5.69 Å². The minimum absolute atomic E-state index is 0.145. The number of hydrogen-bond acceptors (Lipinski definition) is 5. The fourth-order valence-electron chi connectivity index (χ4n) is 4.66. The number of aliphatic imine (C=N–C) groups is 1. The summed E-state index contributed by atoms with van der Waals surface area (Å²) in [4.78, 5) is 17.8. The normalized spacial score (nSPS) is 19.5. The zero-order chi connectivity index (χ0) is 23.8. The van der Waals surface area contributed by atoms with Gasteiger partial charge in [0, 0.05) is 42.9 Å². The summed E-state index contributed by atoms with van der Waals surface area (Å²) in [5.41, 5.74) is 9.54. The molecule has 178 valence electrons. The molecule has 8 nitrogen and oxygen atoms in total. The first-order valence-corrected chi connectivity index (χ1v) is 12.6. The van der Waals surface area contributed by atoms with Gasteiger partial charge >= 0.3 is 0 Å². The predicted molar refractivity (Wildman–Crippen MR) is 138 cm³/mol. The van der Waals surface area contributed by atoms with E-state index in [4.69, 9.17) is 4.74 Å². The lowest BCUT2D eigenvalue weighted by Gasteiger charge is -2.17. The van der Waals surface area contributed by atoms with Crippen molar-refractivity contribution in [3.63, 3.8) is 0 Å². The van der Waals surface area contributed by atoms with Crippen LogP contribution >= 0.6 is 11.8 Å². The van der Waals surface area contributed by atoms with Gasteiger partial charge in [0.05, 0.1) is 23.2 Å². The molecular weight excluding hydrogens is 448 g/mol. The predicted octanol–water partition coefficient (Wildman–Crippen LogP) is 3.81. The minimum Gasteiger partial charge on any atom is -0.376 e. The second-order valence-electron chi connectivity index (χ2n) is 8.82. The SMILES string of the molecule is Cc1cc(C2=NNC(=Nc3c(C)n(C)n(-c4ccccc4)c3=O)SC2)c(C)n1CC1CCCO1. The average Bonchev–Trinajstić information content (AvgIpc) is 3.52. The third-order valence-electron chi connectivity index (χ3n) is 6.66. The van der Waals surface area contributed by atoms with E-state index in [1.807, 2.05) is 49.0 Å². The quantitative estimate of drug-likeness (QED) is 0.605. The van der Waals surface area contributed by atoms with Crippen LogP contribution in [-0.2, 0) is 18.3 Å². The molecule has 2 aliphatic rings. The highest BCUT2D eigenvalue weighted by Crippen LogP contribution is 2.24. The van der Waals surface area contributed by atoms with E-state index in [-0.39, 0.29) is 5.56 Å². The van der Waals surface area contributed by atoms with Gasteiger partial charge in [0.15, 0.2) is 10.9 Å². The van der Waals surface area contributed by atoms with Crippen molar-refractivity contribution in [2.45, 2.75) is 46.3 Å². The topological polar surface area (TPSA) is 77.8 Å². The van der Waals surface area contributed by atoms with Gasteiger partial charge in [0.1, 0.15) is 0 Å². The highest BCUT2D eigenvalue weighted by Gasteiger charge is 2.23. The van der Waals surface area contributed by atoms with Gasteiger partial charge in [-0.05, 0) is 51.8 Å². The molecule has 9 heteroatoms. The van der Waals surface area contributed by atoms with E-state index < -0.39 is 0 Å². The summed E-state index contributed by atoms with van der Waals surface area (Å²) in [5.74, 6) is 0.689. The van der Waals surface area contributed by atoms with Crippen LogP contribution in [0.5, 0.6) is 0 Å². The van der Waals surface area contributed by atoms with Crippen LogP contribution in [0, 0.1) is 20.8 Å². The molecule has 1 atom stereocenters. The molecule has 1 aromatic carbocycles. The maximum absolute atomic E-state index is 13.1. The number of amidine groups is 1. The number of hydrogen-bond donors (Lipinski definition) is 1. The Balaban J connectivity index is 1.39. The molecule has 0 bridgehead atoms. The summed E-state index contributed by atoms with van der Waals surface area (Å²) < 4.78 is 11.6. The Morgan fingerprint density at radius 2 is 2.00 bits per heavy atom. The molecule has 0 radical (unpaired) electrons. The molecule has 1 fully saturated rings. The van der Waals surface area contributed by atoms with Crippen LogP contribution in [0.25, 0.3) is 5.69 Å². The van der Waals surface area contributed by atoms with Crippen molar-refractivity contribution in [2.24, 2.45) is 17.1 Å². The summed E-state index contributed by atoms with van der Waals surface area (Å²) in [6, 6.07) is 11.8. The zero-order valence-corrected chi connectivity index (χ0v) is 20.9. The van der Waals surface area contributed by atoms with Crippen molar-refractivity contribution in [1.82, 2.24) is 19.4 Å². The molecule has 1 unspecified atom stereocenters. The first-order chi connectivity index (χ1) is 16.4. The number of rotatable bonds is 5. The largest absolute Gasteiger partial charge is 0.376 e. The molecule has 0 amide bonds. The van der Waals surface area contributed by atoms with Gasteiger partial charge < -0.3 is 9.30 Å². The Bertz CT molecular complexity index is 1330. The van der Waals surface area contributed by atoms with Crippen LogP contribution in [0.1, 0.15) is 35.5 Å². The Labute approximate surface area is 203 Å². The number of hydrazone groups is 1. The van der Waals surface area contributed by atoms with Crippen molar-refractivity contribution in [3.05, 3.63) is 69.4 Å². The fraction of sp³-hybridized carbons (Fsp3) is 0.400. The first kappa shape index (κ1) is 22.7. The van der Waals surface area contributed by atoms with Crippen LogP contribution < -0.4 is 11.0 Å². The molecule has 0 spiro atoms. The molecule has 2 aromatic heterocycles. The molecule has 1 N–H and O–H groups in total. The Morgan fingerprint density at radius 3 is 2.68 bits per heavy atom. The summed E-state index contributed by atoms with van der Waals surface area (Å²) in [6.45, 7) is 7.94. The number of benzene rings is 1. The van der Waals surface area contributed by atoms with Crippen molar-refractivity contribution in [2.75, 3.05) is 12.4 Å². The number of aryl methyl sites for hydroxylation is 1. The number of aromatic nitrogens is 3. The van der Waals surface area contributed by atoms with Gasteiger partial charge in [-0.25, -0.2) is 9.67 Å². The van der Waals surface area contributed by atoms with Crippen molar-refractivity contribution < 1.29 is 4.74 Å². The molecule has 34 heavy (non-hydrogen) atoms. The third-order valence-corrected chi connectivity index (χ3v) is 7.54. The lowest BCUT2D eigenvalue weighted by molar-refractivity contribution is 0.0962. The minimum atomic E-state index is -0.145.